The molecule has 0 radical (unpaired) electrons. The van der Waals surface area contributed by atoms with E-state index in [1.54, 1.807) is 0 Å². The van der Waals surface area contributed by atoms with Crippen LogP contribution < -0.4 is 0 Å². The summed E-state index contributed by atoms with van der Waals surface area (Å²) in [5, 5.41) is 0. The second-order valence-corrected chi connectivity index (χ2v) is 5.77. The van der Waals surface area contributed by atoms with Crippen LogP contribution in [0.4, 0.5) is 0 Å². The second-order valence-electron chi connectivity index (χ2n) is 5.77. The molecular formula is C15H21N3. The van der Waals surface area contributed by atoms with Gasteiger partial charge >= 0.3 is 0 Å². The van der Waals surface area contributed by atoms with Gasteiger partial charge in [0.2, 0.25) is 0 Å². The number of hydrogen-bond acceptors (Lipinski definition) is 2. The van der Waals surface area contributed by atoms with Crippen molar-refractivity contribution in [3.8, 4) is 0 Å². The van der Waals surface area contributed by atoms with E-state index in [1.807, 2.05) is 6.07 Å². The first-order valence-corrected chi connectivity index (χ1v) is 6.83. The largest absolute Gasteiger partial charge is 0.340 e. The Morgan fingerprint density at radius 2 is 2.11 bits per heavy atom. The summed E-state index contributed by atoms with van der Waals surface area (Å²) >= 11 is 0. The van der Waals surface area contributed by atoms with Gasteiger partial charge in [0.1, 0.15) is 5.82 Å². The summed E-state index contributed by atoms with van der Waals surface area (Å²) in [6.45, 7) is 8.03. The van der Waals surface area contributed by atoms with Gasteiger partial charge in [0.05, 0.1) is 16.6 Å². The molecule has 1 aliphatic rings. The molecule has 18 heavy (non-hydrogen) atoms. The van der Waals surface area contributed by atoms with Crippen LogP contribution in [0.15, 0.2) is 24.3 Å². The summed E-state index contributed by atoms with van der Waals surface area (Å²) in [7, 11) is 0. The Kier molecular flexibility index (Phi) is 2.67. The zero-order valence-corrected chi connectivity index (χ0v) is 11.4. The van der Waals surface area contributed by atoms with Gasteiger partial charge in [-0.05, 0) is 52.3 Å². The maximum absolute atomic E-state index is 4.80. The minimum atomic E-state index is 0.0627. The van der Waals surface area contributed by atoms with Crippen LogP contribution >= 0.6 is 0 Å². The van der Waals surface area contributed by atoms with Gasteiger partial charge in [0.25, 0.3) is 0 Å². The molecule has 3 rings (SSSR count). The highest BCUT2D eigenvalue weighted by Crippen LogP contribution is 2.38. The molecule has 1 atom stereocenters. The van der Waals surface area contributed by atoms with Crippen LogP contribution in [0.5, 0.6) is 0 Å². The van der Waals surface area contributed by atoms with E-state index in [-0.39, 0.29) is 5.54 Å². The smallest absolute Gasteiger partial charge is 0.127 e. The average molecular weight is 243 g/mol. The van der Waals surface area contributed by atoms with Gasteiger partial charge in [-0.25, -0.2) is 4.98 Å². The van der Waals surface area contributed by atoms with E-state index in [1.165, 1.54) is 19.4 Å². The summed E-state index contributed by atoms with van der Waals surface area (Å²) < 4.78 is 0. The molecule has 0 spiro atoms. The van der Waals surface area contributed by atoms with Crippen molar-refractivity contribution in [2.75, 3.05) is 6.54 Å². The van der Waals surface area contributed by atoms with Crippen molar-refractivity contribution in [2.45, 2.75) is 45.2 Å². The van der Waals surface area contributed by atoms with E-state index < -0.39 is 0 Å². The molecule has 1 aromatic heterocycles. The number of likely N-dealkylation sites (tertiary alicyclic amines) is 1. The molecule has 3 nitrogen and oxygen atoms in total. The minimum Gasteiger partial charge on any atom is -0.340 e. The molecule has 0 bridgehead atoms. The Labute approximate surface area is 108 Å². The van der Waals surface area contributed by atoms with Crippen molar-refractivity contribution in [1.82, 2.24) is 14.9 Å². The Morgan fingerprint density at radius 3 is 2.83 bits per heavy atom. The summed E-state index contributed by atoms with van der Waals surface area (Å²) in [6, 6.07) is 8.84. The Hall–Kier alpha value is -1.35. The molecule has 1 fully saturated rings. The summed E-state index contributed by atoms with van der Waals surface area (Å²) in [5.74, 6) is 1.12. The first-order valence-electron chi connectivity index (χ1n) is 6.83. The number of aromatic nitrogens is 2. The van der Waals surface area contributed by atoms with Crippen LogP contribution in [0.1, 0.15) is 39.4 Å². The zero-order valence-electron chi connectivity index (χ0n) is 11.4. The van der Waals surface area contributed by atoms with Crippen LogP contribution in [0.25, 0.3) is 11.0 Å². The maximum Gasteiger partial charge on any atom is 0.127 e. The van der Waals surface area contributed by atoms with Crippen molar-refractivity contribution >= 4 is 11.0 Å². The van der Waals surface area contributed by atoms with Crippen molar-refractivity contribution < 1.29 is 0 Å². The second kappa shape index (κ2) is 4.09. The molecule has 1 unspecified atom stereocenters. The third kappa shape index (κ3) is 1.65. The molecule has 1 saturated heterocycles. The number of benzene rings is 1. The Bertz CT molecular complexity index is 525. The number of para-hydroxylation sites is 2. The van der Waals surface area contributed by atoms with Crippen LogP contribution in [-0.4, -0.2) is 27.5 Å². The van der Waals surface area contributed by atoms with Gasteiger partial charge in [0.15, 0.2) is 0 Å². The van der Waals surface area contributed by atoms with Crippen molar-refractivity contribution in [2.24, 2.45) is 0 Å². The van der Waals surface area contributed by atoms with Crippen molar-refractivity contribution in [1.29, 1.82) is 0 Å². The highest BCUT2D eigenvalue weighted by Gasteiger charge is 2.41. The number of imidazole rings is 1. The number of aromatic amines is 1. The number of H-pyrrole nitrogens is 1. The molecule has 1 aromatic carbocycles. The lowest BCUT2D eigenvalue weighted by molar-refractivity contribution is 0.110. The van der Waals surface area contributed by atoms with Gasteiger partial charge in [-0.3, -0.25) is 4.90 Å². The molecule has 2 aromatic rings. The Morgan fingerprint density at radius 1 is 1.33 bits per heavy atom. The average Bonchev–Trinajstić information content (AvgIpc) is 2.92. The van der Waals surface area contributed by atoms with Gasteiger partial charge in [0, 0.05) is 6.04 Å². The predicted octanol–water partition coefficient (Wildman–Crippen LogP) is 3.28. The van der Waals surface area contributed by atoms with Gasteiger partial charge in [-0.15, -0.1) is 0 Å². The summed E-state index contributed by atoms with van der Waals surface area (Å²) in [5.41, 5.74) is 2.28. The standard InChI is InChI=1S/C15H21N3/c1-11(2)18-10-6-9-15(18,3)14-16-12-7-4-5-8-13(12)17-14/h4-5,7-8,11H,6,9-10H2,1-3H3,(H,16,17). The highest BCUT2D eigenvalue weighted by atomic mass is 15.3. The van der Waals surface area contributed by atoms with E-state index >= 15 is 0 Å². The van der Waals surface area contributed by atoms with E-state index in [0.717, 1.165) is 16.9 Å². The van der Waals surface area contributed by atoms with E-state index in [2.05, 4.69) is 48.9 Å². The fourth-order valence-electron chi connectivity index (χ4n) is 3.27. The molecule has 0 saturated carbocycles. The lowest BCUT2D eigenvalue weighted by atomic mass is 9.97. The maximum atomic E-state index is 4.80. The minimum absolute atomic E-state index is 0.0627. The summed E-state index contributed by atoms with van der Waals surface area (Å²) in [4.78, 5) is 10.9. The first kappa shape index (κ1) is 11.7. The summed E-state index contributed by atoms with van der Waals surface area (Å²) in [6.07, 6.45) is 2.44. The first-order chi connectivity index (χ1) is 8.61. The molecule has 1 aliphatic heterocycles. The fourth-order valence-corrected chi connectivity index (χ4v) is 3.27. The molecule has 0 aliphatic carbocycles. The normalized spacial score (nSPS) is 25.3. The van der Waals surface area contributed by atoms with E-state index in [9.17, 15) is 0 Å². The fraction of sp³-hybridized carbons (Fsp3) is 0.533. The molecule has 3 heteroatoms. The van der Waals surface area contributed by atoms with Crippen molar-refractivity contribution in [3.05, 3.63) is 30.1 Å². The number of fused-ring (bicyclic) bond motifs is 1. The topological polar surface area (TPSA) is 31.9 Å². The van der Waals surface area contributed by atoms with Gasteiger partial charge in [-0.1, -0.05) is 12.1 Å². The zero-order chi connectivity index (χ0) is 12.8. The quantitative estimate of drug-likeness (QED) is 0.877. The molecule has 96 valence electrons. The molecule has 0 amide bonds. The van der Waals surface area contributed by atoms with E-state index in [4.69, 9.17) is 4.98 Å². The Balaban J connectivity index is 2.07. The molecular weight excluding hydrogens is 222 g/mol. The van der Waals surface area contributed by atoms with E-state index in [0.29, 0.717) is 6.04 Å². The molecule has 2 heterocycles. The lowest BCUT2D eigenvalue weighted by Gasteiger charge is -2.36. The third-order valence-electron chi connectivity index (χ3n) is 4.22. The van der Waals surface area contributed by atoms with Crippen LogP contribution in [-0.2, 0) is 5.54 Å². The van der Waals surface area contributed by atoms with Crippen LogP contribution in [0.2, 0.25) is 0 Å². The number of nitrogens with zero attached hydrogens (tertiary/aromatic N) is 2. The monoisotopic (exact) mass is 243 g/mol. The number of hydrogen-bond donors (Lipinski definition) is 1. The predicted molar refractivity (Wildman–Crippen MR) is 74.5 cm³/mol. The third-order valence-corrected chi connectivity index (χ3v) is 4.22. The molecule has 1 N–H and O–H groups in total. The van der Waals surface area contributed by atoms with Crippen molar-refractivity contribution in [3.63, 3.8) is 0 Å². The SMILES string of the molecule is CC(C)N1CCCC1(C)c1nc2ccccc2[nH]1. The number of rotatable bonds is 2. The van der Waals surface area contributed by atoms with Crippen LogP contribution in [0, 0.1) is 0 Å². The lowest BCUT2D eigenvalue weighted by Crippen LogP contribution is -2.43. The van der Waals surface area contributed by atoms with Crippen LogP contribution in [0.3, 0.4) is 0 Å². The van der Waals surface area contributed by atoms with Gasteiger partial charge in [-0.2, -0.15) is 0 Å². The number of nitrogens with one attached hydrogen (secondary N) is 1. The highest BCUT2D eigenvalue weighted by molar-refractivity contribution is 5.74. The van der Waals surface area contributed by atoms with Gasteiger partial charge < -0.3 is 4.98 Å².